The van der Waals surface area contributed by atoms with Gasteiger partial charge in [-0.1, -0.05) is 18.5 Å². The van der Waals surface area contributed by atoms with Crippen molar-refractivity contribution in [2.24, 2.45) is 5.73 Å². The number of ether oxygens (including phenoxy) is 1. The number of nitrogens with two attached hydrogens (primary N) is 1. The largest absolute Gasteiger partial charge is 0.380 e. The number of halogens is 1. The molecule has 1 aromatic carbocycles. The lowest BCUT2D eigenvalue weighted by Gasteiger charge is -2.11. The van der Waals surface area contributed by atoms with Crippen molar-refractivity contribution >= 4 is 23.4 Å². The van der Waals surface area contributed by atoms with E-state index in [1.807, 2.05) is 24.3 Å². The van der Waals surface area contributed by atoms with E-state index >= 15 is 0 Å². The van der Waals surface area contributed by atoms with Crippen molar-refractivity contribution in [1.29, 1.82) is 0 Å². The topological polar surface area (TPSA) is 35.2 Å². The fraction of sp³-hybridized carbons (Fsp3) is 0.500. The van der Waals surface area contributed by atoms with Crippen molar-refractivity contribution < 1.29 is 4.74 Å². The molecule has 0 saturated heterocycles. The molecule has 2 nitrogen and oxygen atoms in total. The Morgan fingerprint density at radius 1 is 1.38 bits per heavy atom. The lowest BCUT2D eigenvalue weighted by Crippen LogP contribution is -2.28. The molecule has 1 aromatic rings. The minimum Gasteiger partial charge on any atom is -0.380 e. The third kappa shape index (κ3) is 5.75. The molecular weight excluding hydrogens is 242 g/mol. The van der Waals surface area contributed by atoms with Crippen LogP contribution in [0.25, 0.3) is 0 Å². The SMILES string of the molecule is CCCOCC(N)CSc1ccc(Cl)cc1. The molecule has 0 heterocycles. The smallest absolute Gasteiger partial charge is 0.0625 e. The molecule has 90 valence electrons. The summed E-state index contributed by atoms with van der Waals surface area (Å²) in [7, 11) is 0. The molecule has 0 bridgehead atoms. The zero-order chi connectivity index (χ0) is 11.8. The number of hydrogen-bond donors (Lipinski definition) is 1. The van der Waals surface area contributed by atoms with Gasteiger partial charge >= 0.3 is 0 Å². The Labute approximate surface area is 107 Å². The summed E-state index contributed by atoms with van der Waals surface area (Å²) in [4.78, 5) is 1.19. The van der Waals surface area contributed by atoms with Crippen LogP contribution in [0.5, 0.6) is 0 Å². The van der Waals surface area contributed by atoms with E-state index in [0.717, 1.165) is 23.8 Å². The Morgan fingerprint density at radius 3 is 2.69 bits per heavy atom. The summed E-state index contributed by atoms with van der Waals surface area (Å²) < 4.78 is 5.39. The summed E-state index contributed by atoms with van der Waals surface area (Å²) >= 11 is 7.54. The predicted molar refractivity (Wildman–Crippen MR) is 71.3 cm³/mol. The van der Waals surface area contributed by atoms with Gasteiger partial charge in [-0.2, -0.15) is 0 Å². The van der Waals surface area contributed by atoms with Crippen molar-refractivity contribution in [3.8, 4) is 0 Å². The first-order chi connectivity index (χ1) is 7.72. The first-order valence-corrected chi connectivity index (χ1v) is 6.80. The summed E-state index contributed by atoms with van der Waals surface area (Å²) in [6.07, 6.45) is 1.04. The maximum Gasteiger partial charge on any atom is 0.0625 e. The lowest BCUT2D eigenvalue weighted by atomic mass is 10.4. The van der Waals surface area contributed by atoms with E-state index in [-0.39, 0.29) is 6.04 Å². The summed E-state index contributed by atoms with van der Waals surface area (Å²) in [5.74, 6) is 0.866. The van der Waals surface area contributed by atoms with Crippen molar-refractivity contribution in [2.45, 2.75) is 24.3 Å². The van der Waals surface area contributed by atoms with Gasteiger partial charge in [-0.05, 0) is 30.7 Å². The van der Waals surface area contributed by atoms with Crippen LogP contribution in [0.3, 0.4) is 0 Å². The van der Waals surface area contributed by atoms with Crippen LogP contribution in [0.2, 0.25) is 5.02 Å². The minimum atomic E-state index is 0.0900. The highest BCUT2D eigenvalue weighted by molar-refractivity contribution is 7.99. The maximum atomic E-state index is 5.92. The fourth-order valence-electron chi connectivity index (χ4n) is 1.16. The molecule has 0 aromatic heterocycles. The zero-order valence-corrected chi connectivity index (χ0v) is 11.1. The van der Waals surface area contributed by atoms with Crippen LogP contribution in [0.4, 0.5) is 0 Å². The van der Waals surface area contributed by atoms with Gasteiger partial charge in [0.1, 0.15) is 0 Å². The normalized spacial score (nSPS) is 12.7. The molecule has 4 heteroatoms. The zero-order valence-electron chi connectivity index (χ0n) is 9.49. The summed E-state index contributed by atoms with van der Waals surface area (Å²) in [6.45, 7) is 3.52. The van der Waals surface area contributed by atoms with Gasteiger partial charge in [-0.3, -0.25) is 0 Å². The van der Waals surface area contributed by atoms with Crippen molar-refractivity contribution in [2.75, 3.05) is 19.0 Å². The maximum absolute atomic E-state index is 5.92. The molecule has 0 aliphatic rings. The molecule has 0 spiro atoms. The Morgan fingerprint density at radius 2 is 2.06 bits per heavy atom. The number of benzene rings is 1. The molecule has 0 radical (unpaired) electrons. The number of rotatable bonds is 7. The van der Waals surface area contributed by atoms with Crippen LogP contribution >= 0.6 is 23.4 Å². The molecule has 2 N–H and O–H groups in total. The quantitative estimate of drug-likeness (QED) is 0.603. The summed E-state index contributed by atoms with van der Waals surface area (Å²) in [6, 6.07) is 7.89. The highest BCUT2D eigenvalue weighted by Gasteiger charge is 2.03. The van der Waals surface area contributed by atoms with Gasteiger partial charge < -0.3 is 10.5 Å². The van der Waals surface area contributed by atoms with Gasteiger partial charge in [0.2, 0.25) is 0 Å². The second-order valence-electron chi connectivity index (χ2n) is 3.60. The van der Waals surface area contributed by atoms with Crippen LogP contribution in [0.1, 0.15) is 13.3 Å². The third-order valence-electron chi connectivity index (χ3n) is 1.96. The van der Waals surface area contributed by atoms with E-state index in [4.69, 9.17) is 22.1 Å². The van der Waals surface area contributed by atoms with Gasteiger partial charge in [0.25, 0.3) is 0 Å². The second-order valence-corrected chi connectivity index (χ2v) is 5.13. The molecule has 0 saturated carbocycles. The van der Waals surface area contributed by atoms with Crippen LogP contribution < -0.4 is 5.73 Å². The molecule has 1 atom stereocenters. The van der Waals surface area contributed by atoms with Crippen molar-refractivity contribution in [1.82, 2.24) is 0 Å². The summed E-state index contributed by atoms with van der Waals surface area (Å²) in [5, 5.41) is 0.764. The molecule has 0 amide bonds. The van der Waals surface area contributed by atoms with E-state index in [9.17, 15) is 0 Å². The van der Waals surface area contributed by atoms with E-state index in [0.29, 0.717) is 6.61 Å². The van der Waals surface area contributed by atoms with Crippen molar-refractivity contribution in [3.63, 3.8) is 0 Å². The molecule has 0 fully saturated rings. The monoisotopic (exact) mass is 259 g/mol. The highest BCUT2D eigenvalue weighted by Crippen LogP contribution is 2.20. The van der Waals surface area contributed by atoms with Gasteiger partial charge in [-0.25, -0.2) is 0 Å². The van der Waals surface area contributed by atoms with Crippen molar-refractivity contribution in [3.05, 3.63) is 29.3 Å². The van der Waals surface area contributed by atoms with Gasteiger partial charge in [0, 0.05) is 28.3 Å². The number of hydrogen-bond acceptors (Lipinski definition) is 3. The first kappa shape index (κ1) is 13.8. The van der Waals surface area contributed by atoms with Gasteiger partial charge in [0.05, 0.1) is 6.61 Å². The number of thioether (sulfide) groups is 1. The minimum absolute atomic E-state index is 0.0900. The predicted octanol–water partition coefficient (Wildman–Crippen LogP) is 3.19. The Hall–Kier alpha value is -0.220. The summed E-state index contributed by atoms with van der Waals surface area (Å²) in [5.41, 5.74) is 5.92. The van der Waals surface area contributed by atoms with E-state index in [1.54, 1.807) is 11.8 Å². The Kier molecular flexibility index (Phi) is 6.88. The van der Waals surface area contributed by atoms with Gasteiger partial charge in [0.15, 0.2) is 0 Å². The van der Waals surface area contributed by atoms with Crippen LogP contribution in [0, 0.1) is 0 Å². The third-order valence-corrected chi connectivity index (χ3v) is 3.41. The average Bonchev–Trinajstić information content (AvgIpc) is 2.29. The van der Waals surface area contributed by atoms with Crippen LogP contribution in [-0.4, -0.2) is 25.0 Å². The molecule has 1 rings (SSSR count). The average molecular weight is 260 g/mol. The Bertz CT molecular complexity index is 292. The van der Waals surface area contributed by atoms with E-state index in [2.05, 4.69) is 6.92 Å². The molecule has 1 unspecified atom stereocenters. The van der Waals surface area contributed by atoms with Gasteiger partial charge in [-0.15, -0.1) is 11.8 Å². The van der Waals surface area contributed by atoms with Crippen LogP contribution in [-0.2, 0) is 4.74 Å². The first-order valence-electron chi connectivity index (χ1n) is 5.44. The molecule has 0 aliphatic heterocycles. The molecule has 16 heavy (non-hydrogen) atoms. The molecular formula is C12H18ClNOS. The standard InChI is InChI=1S/C12H18ClNOS/c1-2-7-15-8-11(14)9-16-12-5-3-10(13)4-6-12/h3-6,11H,2,7-9,14H2,1H3. The van der Waals surface area contributed by atoms with E-state index in [1.165, 1.54) is 4.90 Å². The lowest BCUT2D eigenvalue weighted by molar-refractivity contribution is 0.126. The highest BCUT2D eigenvalue weighted by atomic mass is 35.5. The van der Waals surface area contributed by atoms with Crippen LogP contribution in [0.15, 0.2) is 29.2 Å². The fourth-order valence-corrected chi connectivity index (χ4v) is 2.12. The molecule has 0 aliphatic carbocycles. The second kappa shape index (κ2) is 7.96. The van der Waals surface area contributed by atoms with E-state index < -0.39 is 0 Å². The Balaban J connectivity index is 2.20.